The van der Waals surface area contributed by atoms with E-state index in [0.29, 0.717) is 5.13 Å². The van der Waals surface area contributed by atoms with Gasteiger partial charge in [0, 0.05) is 17.0 Å². The average molecular weight is 362 g/mol. The summed E-state index contributed by atoms with van der Waals surface area (Å²) in [6.45, 7) is 6.55. The second-order valence-corrected chi connectivity index (χ2v) is 7.96. The lowest BCUT2D eigenvalue weighted by Gasteiger charge is -2.18. The summed E-state index contributed by atoms with van der Waals surface area (Å²) < 4.78 is 0. The third kappa shape index (κ3) is 4.67. The summed E-state index contributed by atoms with van der Waals surface area (Å²) in [7, 11) is 0. The van der Waals surface area contributed by atoms with E-state index in [-0.39, 0.29) is 11.3 Å². The van der Waals surface area contributed by atoms with Crippen molar-refractivity contribution in [3.05, 3.63) is 77.2 Å². The highest BCUT2D eigenvalue weighted by Gasteiger charge is 2.12. The first kappa shape index (κ1) is 18.1. The quantitative estimate of drug-likeness (QED) is 0.600. The van der Waals surface area contributed by atoms with Gasteiger partial charge in [0.25, 0.3) is 0 Å². The largest absolute Gasteiger partial charge is 0.298 e. The molecule has 1 N–H and O–H groups in total. The Kier molecular flexibility index (Phi) is 5.33. The van der Waals surface area contributed by atoms with E-state index in [9.17, 15) is 4.79 Å². The Morgan fingerprint density at radius 1 is 1.04 bits per heavy atom. The van der Waals surface area contributed by atoms with Gasteiger partial charge in [-0.1, -0.05) is 75.4 Å². The zero-order chi connectivity index (χ0) is 18.6. The van der Waals surface area contributed by atoms with Crippen molar-refractivity contribution >= 4 is 28.5 Å². The average Bonchev–Trinajstić information content (AvgIpc) is 3.09. The highest BCUT2D eigenvalue weighted by Crippen LogP contribution is 2.25. The zero-order valence-electron chi connectivity index (χ0n) is 15.2. The molecule has 0 aliphatic heterocycles. The molecule has 0 bridgehead atoms. The number of nitrogens with one attached hydrogen (secondary N) is 1. The van der Waals surface area contributed by atoms with Crippen molar-refractivity contribution in [2.24, 2.45) is 0 Å². The minimum Gasteiger partial charge on any atom is -0.298 e. The predicted octanol–water partition coefficient (Wildman–Crippen LogP) is 5.76. The number of hydrogen-bond donors (Lipinski definition) is 1. The van der Waals surface area contributed by atoms with Gasteiger partial charge in [-0.3, -0.25) is 10.1 Å². The number of benzene rings is 2. The summed E-state index contributed by atoms with van der Waals surface area (Å²) in [4.78, 5) is 16.6. The van der Waals surface area contributed by atoms with Gasteiger partial charge in [-0.25, -0.2) is 4.98 Å². The summed E-state index contributed by atoms with van der Waals surface area (Å²) in [6.07, 6.45) is 3.35. The highest BCUT2D eigenvalue weighted by molar-refractivity contribution is 7.14. The number of anilines is 1. The molecule has 1 aromatic heterocycles. The number of hydrogen-bond acceptors (Lipinski definition) is 3. The van der Waals surface area contributed by atoms with Crippen molar-refractivity contribution in [2.45, 2.75) is 26.2 Å². The molecule has 132 valence electrons. The number of carbonyl (C=O) groups is 1. The topological polar surface area (TPSA) is 42.0 Å². The molecular weight excluding hydrogens is 340 g/mol. The molecule has 3 nitrogen and oxygen atoms in total. The van der Waals surface area contributed by atoms with E-state index in [1.165, 1.54) is 23.0 Å². The van der Waals surface area contributed by atoms with Crippen LogP contribution in [0.2, 0.25) is 0 Å². The maximum atomic E-state index is 12.1. The number of amides is 1. The molecule has 0 spiro atoms. The fraction of sp³-hybridized carbons (Fsp3) is 0.182. The van der Waals surface area contributed by atoms with Gasteiger partial charge in [0.15, 0.2) is 5.13 Å². The van der Waals surface area contributed by atoms with Crippen LogP contribution < -0.4 is 5.32 Å². The van der Waals surface area contributed by atoms with Crippen LogP contribution in [0.3, 0.4) is 0 Å². The Hall–Kier alpha value is -2.72. The maximum Gasteiger partial charge on any atom is 0.250 e. The third-order valence-electron chi connectivity index (χ3n) is 4.01. The van der Waals surface area contributed by atoms with Crippen molar-refractivity contribution < 1.29 is 4.79 Å². The van der Waals surface area contributed by atoms with E-state index < -0.39 is 0 Å². The molecule has 2 aromatic carbocycles. The van der Waals surface area contributed by atoms with Gasteiger partial charge in [-0.05, 0) is 22.6 Å². The first-order valence-corrected chi connectivity index (χ1v) is 9.40. The molecule has 0 unspecified atom stereocenters. The molecule has 3 aromatic rings. The van der Waals surface area contributed by atoms with E-state index in [0.717, 1.165) is 16.8 Å². The predicted molar refractivity (Wildman–Crippen MR) is 110 cm³/mol. The first-order valence-electron chi connectivity index (χ1n) is 8.52. The number of carbonyl (C=O) groups excluding carboxylic acids is 1. The third-order valence-corrected chi connectivity index (χ3v) is 4.77. The highest BCUT2D eigenvalue weighted by atomic mass is 32.1. The molecule has 3 rings (SSSR count). The second-order valence-electron chi connectivity index (χ2n) is 7.10. The second kappa shape index (κ2) is 7.67. The van der Waals surface area contributed by atoms with Crippen molar-refractivity contribution in [2.75, 3.05) is 5.32 Å². The van der Waals surface area contributed by atoms with Crippen LogP contribution in [0.15, 0.2) is 66.1 Å². The maximum absolute atomic E-state index is 12.1. The van der Waals surface area contributed by atoms with Gasteiger partial charge in [0.2, 0.25) is 5.91 Å². The molecule has 0 atom stereocenters. The van der Waals surface area contributed by atoms with Gasteiger partial charge in [-0.15, -0.1) is 11.3 Å². The fourth-order valence-electron chi connectivity index (χ4n) is 2.49. The lowest BCUT2D eigenvalue weighted by molar-refractivity contribution is -0.111. The van der Waals surface area contributed by atoms with Gasteiger partial charge >= 0.3 is 0 Å². The van der Waals surface area contributed by atoms with Crippen LogP contribution in [0, 0.1) is 0 Å². The molecule has 4 heteroatoms. The van der Waals surface area contributed by atoms with Crippen LogP contribution in [-0.2, 0) is 10.2 Å². The monoisotopic (exact) mass is 362 g/mol. The summed E-state index contributed by atoms with van der Waals surface area (Å²) in [5.74, 6) is -0.182. The van der Waals surface area contributed by atoms with Crippen LogP contribution >= 0.6 is 11.3 Å². The molecule has 1 amide bonds. The Bertz CT molecular complexity index is 903. The first-order chi connectivity index (χ1) is 12.4. The molecule has 26 heavy (non-hydrogen) atoms. The molecular formula is C22H22N2OS. The molecule has 0 aliphatic carbocycles. The Morgan fingerprint density at radius 2 is 1.73 bits per heavy atom. The van der Waals surface area contributed by atoms with Crippen LogP contribution in [-0.4, -0.2) is 10.9 Å². The standard InChI is InChI=1S/C22H22N2OS/c1-22(2,3)18-12-9-16(10-13-18)11-14-20(25)24-21-23-19(15-26-21)17-7-5-4-6-8-17/h4-15H,1-3H3,(H,23,24,25)/b14-11-. The molecule has 0 aliphatic rings. The van der Waals surface area contributed by atoms with Gasteiger partial charge in [0.1, 0.15) is 0 Å². The van der Waals surface area contributed by atoms with E-state index in [2.05, 4.69) is 43.2 Å². The summed E-state index contributed by atoms with van der Waals surface area (Å²) in [6, 6.07) is 18.2. The number of thiazole rings is 1. The van der Waals surface area contributed by atoms with Crippen LogP contribution in [0.25, 0.3) is 17.3 Å². The Balaban J connectivity index is 1.62. The van der Waals surface area contributed by atoms with E-state index in [1.807, 2.05) is 53.9 Å². The van der Waals surface area contributed by atoms with Crippen molar-refractivity contribution in [3.8, 4) is 11.3 Å². The number of rotatable bonds is 4. The van der Waals surface area contributed by atoms with Gasteiger partial charge in [0.05, 0.1) is 5.69 Å². The van der Waals surface area contributed by atoms with Gasteiger partial charge < -0.3 is 0 Å². The molecule has 0 fully saturated rings. The molecule has 1 heterocycles. The summed E-state index contributed by atoms with van der Waals surface area (Å²) in [5.41, 5.74) is 4.31. The van der Waals surface area contributed by atoms with Gasteiger partial charge in [-0.2, -0.15) is 0 Å². The SMILES string of the molecule is CC(C)(C)c1ccc(/C=C\C(=O)Nc2nc(-c3ccccc3)cs2)cc1. The fourth-order valence-corrected chi connectivity index (χ4v) is 3.21. The minimum atomic E-state index is -0.182. The van der Waals surface area contributed by atoms with E-state index in [1.54, 1.807) is 0 Å². The summed E-state index contributed by atoms with van der Waals surface area (Å²) in [5, 5.41) is 5.36. The number of nitrogens with zero attached hydrogens (tertiary/aromatic N) is 1. The Morgan fingerprint density at radius 3 is 2.38 bits per heavy atom. The molecule has 0 saturated heterocycles. The Labute approximate surface area is 158 Å². The lowest BCUT2D eigenvalue weighted by Crippen LogP contribution is -2.10. The van der Waals surface area contributed by atoms with Crippen molar-refractivity contribution in [1.29, 1.82) is 0 Å². The minimum absolute atomic E-state index is 0.126. The van der Waals surface area contributed by atoms with Crippen LogP contribution in [0.4, 0.5) is 5.13 Å². The van der Waals surface area contributed by atoms with E-state index >= 15 is 0 Å². The normalized spacial score (nSPS) is 11.7. The number of aromatic nitrogens is 1. The van der Waals surface area contributed by atoms with E-state index in [4.69, 9.17) is 0 Å². The molecule has 0 saturated carbocycles. The summed E-state index contributed by atoms with van der Waals surface area (Å²) >= 11 is 1.42. The smallest absolute Gasteiger partial charge is 0.250 e. The lowest BCUT2D eigenvalue weighted by atomic mass is 9.87. The van der Waals surface area contributed by atoms with Crippen molar-refractivity contribution in [1.82, 2.24) is 4.98 Å². The van der Waals surface area contributed by atoms with Crippen LogP contribution in [0.5, 0.6) is 0 Å². The van der Waals surface area contributed by atoms with Crippen molar-refractivity contribution in [3.63, 3.8) is 0 Å². The molecule has 0 radical (unpaired) electrons. The zero-order valence-corrected chi connectivity index (χ0v) is 16.0. The van der Waals surface area contributed by atoms with Crippen LogP contribution in [0.1, 0.15) is 31.9 Å².